The number of aromatic nitrogens is 3. The Morgan fingerprint density at radius 3 is 2.53 bits per heavy atom. The summed E-state index contributed by atoms with van der Waals surface area (Å²) in [7, 11) is 0. The molecule has 0 aliphatic heterocycles. The van der Waals surface area contributed by atoms with Crippen molar-refractivity contribution in [2.24, 2.45) is 5.92 Å². The first kappa shape index (κ1) is 23.7. The average Bonchev–Trinajstić information content (AvgIpc) is 3.14. The maximum atomic E-state index is 13.3. The molecule has 0 spiro atoms. The Morgan fingerprint density at radius 2 is 1.88 bits per heavy atom. The van der Waals surface area contributed by atoms with Gasteiger partial charge in [0, 0.05) is 18.3 Å². The van der Waals surface area contributed by atoms with Crippen LogP contribution in [0.2, 0.25) is 0 Å². The summed E-state index contributed by atoms with van der Waals surface area (Å²) in [6, 6.07) is 11.1. The van der Waals surface area contributed by atoms with Crippen molar-refractivity contribution in [2.45, 2.75) is 45.5 Å². The van der Waals surface area contributed by atoms with E-state index in [0.717, 1.165) is 24.3 Å². The molecule has 6 nitrogen and oxygen atoms in total. The van der Waals surface area contributed by atoms with Crippen molar-refractivity contribution in [3.63, 3.8) is 0 Å². The quantitative estimate of drug-likeness (QED) is 0.427. The molecule has 9 heteroatoms. The van der Waals surface area contributed by atoms with Crippen molar-refractivity contribution in [3.8, 4) is 5.75 Å². The van der Waals surface area contributed by atoms with E-state index in [1.807, 2.05) is 28.8 Å². The molecular formula is C23H26F2N4O2S. The number of carbonyl (C=O) groups excluding carboxylic acids is 1. The van der Waals surface area contributed by atoms with E-state index in [1.165, 1.54) is 23.4 Å². The first-order valence-corrected chi connectivity index (χ1v) is 11.4. The number of ether oxygens (including phenoxy) is 1. The Morgan fingerprint density at radius 1 is 1.12 bits per heavy atom. The van der Waals surface area contributed by atoms with E-state index in [1.54, 1.807) is 0 Å². The van der Waals surface area contributed by atoms with Crippen LogP contribution in [0.3, 0.4) is 0 Å². The van der Waals surface area contributed by atoms with Crippen molar-refractivity contribution in [2.75, 3.05) is 11.1 Å². The van der Waals surface area contributed by atoms with E-state index in [9.17, 15) is 13.6 Å². The highest BCUT2D eigenvalue weighted by Crippen LogP contribution is 2.21. The molecule has 0 atom stereocenters. The molecule has 3 rings (SSSR count). The zero-order valence-corrected chi connectivity index (χ0v) is 19.1. The molecule has 0 fully saturated rings. The maximum Gasteiger partial charge on any atom is 0.234 e. The Hall–Kier alpha value is -2.94. The number of nitrogens with one attached hydrogen (secondary N) is 1. The van der Waals surface area contributed by atoms with Crippen LogP contribution in [0.4, 0.5) is 14.5 Å². The van der Waals surface area contributed by atoms with Crippen molar-refractivity contribution in [1.82, 2.24) is 14.8 Å². The first-order chi connectivity index (χ1) is 15.4. The van der Waals surface area contributed by atoms with E-state index in [0.29, 0.717) is 23.4 Å². The molecule has 0 radical (unpaired) electrons. The molecule has 0 aliphatic carbocycles. The Kier molecular flexibility index (Phi) is 8.21. The monoisotopic (exact) mass is 460 g/mol. The van der Waals surface area contributed by atoms with Crippen molar-refractivity contribution in [1.29, 1.82) is 0 Å². The number of anilines is 1. The van der Waals surface area contributed by atoms with Gasteiger partial charge in [-0.25, -0.2) is 8.78 Å². The molecule has 0 bridgehead atoms. The summed E-state index contributed by atoms with van der Waals surface area (Å²) in [5.41, 5.74) is 1.43. The van der Waals surface area contributed by atoms with Crippen molar-refractivity contribution in [3.05, 3.63) is 65.5 Å². The fraction of sp³-hybridized carbons (Fsp3) is 0.348. The molecule has 0 saturated heterocycles. The van der Waals surface area contributed by atoms with Gasteiger partial charge < -0.3 is 14.6 Å². The number of thioether (sulfide) groups is 1. The second kappa shape index (κ2) is 11.1. The second-order valence-corrected chi connectivity index (χ2v) is 8.60. The maximum absolute atomic E-state index is 13.3. The molecule has 1 heterocycles. The lowest BCUT2D eigenvalue weighted by atomic mass is 10.2. The number of hydrogen-bond donors (Lipinski definition) is 1. The normalized spacial score (nSPS) is 11.1. The van der Waals surface area contributed by atoms with Gasteiger partial charge in [0.2, 0.25) is 5.91 Å². The van der Waals surface area contributed by atoms with E-state index >= 15 is 0 Å². The number of rotatable bonds is 10. The number of carbonyl (C=O) groups is 1. The standard InChI is InChI=1S/C23H26F2N4O2S/c1-4-16-5-8-18(9-6-16)31-13-21-27-28-23(29(21)12-15(2)3)32-14-22(30)26-17-7-10-19(24)20(25)11-17/h5-11,15H,4,12-14H2,1-3H3,(H,26,30). The topological polar surface area (TPSA) is 69.0 Å². The van der Waals surface area contributed by atoms with Crippen LogP contribution in [-0.2, 0) is 24.4 Å². The van der Waals surface area contributed by atoms with Crippen LogP contribution in [0.15, 0.2) is 47.6 Å². The summed E-state index contributed by atoms with van der Waals surface area (Å²) < 4.78 is 34.2. The molecular weight excluding hydrogens is 434 g/mol. The lowest BCUT2D eigenvalue weighted by Crippen LogP contribution is -2.16. The lowest BCUT2D eigenvalue weighted by molar-refractivity contribution is -0.113. The van der Waals surface area contributed by atoms with E-state index in [4.69, 9.17) is 4.74 Å². The first-order valence-electron chi connectivity index (χ1n) is 10.4. The van der Waals surface area contributed by atoms with E-state index < -0.39 is 11.6 Å². The van der Waals surface area contributed by atoms with Crippen LogP contribution in [-0.4, -0.2) is 26.4 Å². The molecule has 0 saturated carbocycles. The minimum atomic E-state index is -1.01. The predicted octanol–water partition coefficient (Wildman–Crippen LogP) is 5.08. The molecule has 0 aliphatic rings. The lowest BCUT2D eigenvalue weighted by Gasteiger charge is -2.13. The van der Waals surface area contributed by atoms with Gasteiger partial charge in [-0.3, -0.25) is 4.79 Å². The summed E-state index contributed by atoms with van der Waals surface area (Å²) in [4.78, 5) is 12.3. The number of aryl methyl sites for hydroxylation is 1. The average molecular weight is 461 g/mol. The van der Waals surface area contributed by atoms with Gasteiger partial charge in [0.15, 0.2) is 22.6 Å². The van der Waals surface area contributed by atoms with Crippen LogP contribution in [0.25, 0.3) is 0 Å². The third-order valence-corrected chi connectivity index (χ3v) is 5.54. The second-order valence-electron chi connectivity index (χ2n) is 7.66. The van der Waals surface area contributed by atoms with Crippen LogP contribution in [0, 0.1) is 17.6 Å². The highest BCUT2D eigenvalue weighted by molar-refractivity contribution is 7.99. The molecule has 32 heavy (non-hydrogen) atoms. The van der Waals surface area contributed by atoms with E-state index in [-0.39, 0.29) is 24.0 Å². The fourth-order valence-corrected chi connectivity index (χ4v) is 3.72. The zero-order chi connectivity index (χ0) is 23.1. The number of amides is 1. The van der Waals surface area contributed by atoms with Gasteiger partial charge in [0.05, 0.1) is 5.75 Å². The van der Waals surface area contributed by atoms with Crippen LogP contribution < -0.4 is 10.1 Å². The predicted molar refractivity (Wildman–Crippen MR) is 121 cm³/mol. The van der Waals surface area contributed by atoms with Gasteiger partial charge in [0.25, 0.3) is 0 Å². The number of benzene rings is 2. The summed E-state index contributed by atoms with van der Waals surface area (Å²) in [5, 5.41) is 11.6. The summed E-state index contributed by atoms with van der Waals surface area (Å²) >= 11 is 1.23. The van der Waals surface area contributed by atoms with Crippen molar-refractivity contribution < 1.29 is 18.3 Å². The Balaban J connectivity index is 1.63. The third-order valence-electron chi connectivity index (χ3n) is 4.58. The Labute approximate surface area is 190 Å². The smallest absolute Gasteiger partial charge is 0.234 e. The van der Waals surface area contributed by atoms with Gasteiger partial charge in [-0.1, -0.05) is 44.7 Å². The third kappa shape index (κ3) is 6.53. The molecule has 1 aromatic heterocycles. The summed E-state index contributed by atoms with van der Waals surface area (Å²) in [6.07, 6.45) is 0.966. The molecule has 2 aromatic carbocycles. The summed E-state index contributed by atoms with van der Waals surface area (Å²) in [5.74, 6) is -0.522. The fourth-order valence-electron chi connectivity index (χ4n) is 2.95. The number of hydrogen-bond acceptors (Lipinski definition) is 5. The van der Waals surface area contributed by atoms with Crippen LogP contribution in [0.5, 0.6) is 5.75 Å². The number of nitrogens with zero attached hydrogens (tertiary/aromatic N) is 3. The number of halogens is 2. The minimum absolute atomic E-state index is 0.0502. The van der Waals surface area contributed by atoms with Gasteiger partial charge in [-0.15, -0.1) is 10.2 Å². The molecule has 0 unspecified atom stereocenters. The SMILES string of the molecule is CCc1ccc(OCc2nnc(SCC(=O)Nc3ccc(F)c(F)c3)n2CC(C)C)cc1. The van der Waals surface area contributed by atoms with Gasteiger partial charge >= 0.3 is 0 Å². The largest absolute Gasteiger partial charge is 0.486 e. The highest BCUT2D eigenvalue weighted by atomic mass is 32.2. The highest BCUT2D eigenvalue weighted by Gasteiger charge is 2.16. The molecule has 170 valence electrons. The van der Waals surface area contributed by atoms with Crippen LogP contribution in [0.1, 0.15) is 32.2 Å². The molecule has 1 amide bonds. The van der Waals surface area contributed by atoms with Gasteiger partial charge in [0.1, 0.15) is 12.4 Å². The summed E-state index contributed by atoms with van der Waals surface area (Å²) in [6.45, 7) is 7.19. The zero-order valence-electron chi connectivity index (χ0n) is 18.3. The van der Waals surface area contributed by atoms with E-state index in [2.05, 4.69) is 36.3 Å². The minimum Gasteiger partial charge on any atom is -0.486 e. The van der Waals surface area contributed by atoms with Gasteiger partial charge in [-0.05, 0) is 42.2 Å². The van der Waals surface area contributed by atoms with Crippen molar-refractivity contribution >= 4 is 23.4 Å². The van der Waals surface area contributed by atoms with Crippen LogP contribution >= 0.6 is 11.8 Å². The molecule has 3 aromatic rings. The van der Waals surface area contributed by atoms with Gasteiger partial charge in [-0.2, -0.15) is 0 Å². The molecule has 1 N–H and O–H groups in total. The Bertz CT molecular complexity index is 1050.